The molecule has 3 aromatic rings. The number of piperidine rings is 1. The largest absolute Gasteiger partial charge is 0.459 e. The zero-order valence-corrected chi connectivity index (χ0v) is 18.9. The molecular formula is C26H24N4O5. The topological polar surface area (TPSA) is 112 Å². The standard InChI is InChI=1S/C26H24N4O5/c31-23-16-30(20-7-2-1-6-19(20)28-23)25(33)17-10-12-18(13-11-17)27-24(32)21-8-3-4-14-29(21)26(34)22-9-5-15-35-22/h1-2,5-7,9-13,15,21H,3-4,8,14,16H2,(H,27,32)(H,28,31). The molecule has 0 spiro atoms. The Morgan fingerprint density at radius 3 is 2.51 bits per heavy atom. The second-order valence-electron chi connectivity index (χ2n) is 8.51. The van der Waals surface area contributed by atoms with Gasteiger partial charge in [-0.1, -0.05) is 12.1 Å². The number of hydrogen-bond acceptors (Lipinski definition) is 5. The van der Waals surface area contributed by atoms with Gasteiger partial charge in [0.1, 0.15) is 12.6 Å². The molecule has 0 radical (unpaired) electrons. The predicted octanol–water partition coefficient (Wildman–Crippen LogP) is 3.51. The molecule has 1 fully saturated rings. The average Bonchev–Trinajstić information content (AvgIpc) is 3.43. The number of carbonyl (C=O) groups is 4. The van der Waals surface area contributed by atoms with Crippen molar-refractivity contribution in [3.8, 4) is 0 Å². The maximum absolute atomic E-state index is 13.1. The number of anilines is 3. The molecule has 178 valence electrons. The van der Waals surface area contributed by atoms with Gasteiger partial charge in [0.05, 0.1) is 17.6 Å². The molecule has 1 unspecified atom stereocenters. The maximum atomic E-state index is 13.1. The molecule has 3 heterocycles. The van der Waals surface area contributed by atoms with Crippen LogP contribution in [0.25, 0.3) is 0 Å². The number of rotatable bonds is 4. The summed E-state index contributed by atoms with van der Waals surface area (Å²) in [7, 11) is 0. The lowest BCUT2D eigenvalue weighted by molar-refractivity contribution is -0.121. The normalized spacial score (nSPS) is 17.4. The van der Waals surface area contributed by atoms with Crippen molar-refractivity contribution in [1.29, 1.82) is 0 Å². The van der Waals surface area contributed by atoms with Crippen LogP contribution in [0.4, 0.5) is 17.1 Å². The van der Waals surface area contributed by atoms with Crippen LogP contribution < -0.4 is 15.5 Å². The van der Waals surface area contributed by atoms with Gasteiger partial charge >= 0.3 is 0 Å². The van der Waals surface area contributed by atoms with E-state index in [9.17, 15) is 19.2 Å². The van der Waals surface area contributed by atoms with Gasteiger partial charge in [0.25, 0.3) is 11.8 Å². The van der Waals surface area contributed by atoms with Crippen molar-refractivity contribution in [3.63, 3.8) is 0 Å². The summed E-state index contributed by atoms with van der Waals surface area (Å²) in [6, 6.07) is 16.3. The molecule has 1 aromatic heterocycles. The van der Waals surface area contributed by atoms with Gasteiger partial charge in [-0.15, -0.1) is 0 Å². The summed E-state index contributed by atoms with van der Waals surface area (Å²) >= 11 is 0. The lowest BCUT2D eigenvalue weighted by Crippen LogP contribution is -2.49. The van der Waals surface area contributed by atoms with Crippen LogP contribution in [-0.4, -0.2) is 47.7 Å². The van der Waals surface area contributed by atoms with Gasteiger partial charge in [-0.05, 0) is 67.8 Å². The summed E-state index contributed by atoms with van der Waals surface area (Å²) in [5.41, 5.74) is 2.12. The summed E-state index contributed by atoms with van der Waals surface area (Å²) in [6.07, 6.45) is 3.67. The van der Waals surface area contributed by atoms with Crippen molar-refractivity contribution < 1.29 is 23.6 Å². The van der Waals surface area contributed by atoms with Gasteiger partial charge in [-0.3, -0.25) is 24.1 Å². The summed E-state index contributed by atoms with van der Waals surface area (Å²) < 4.78 is 5.23. The van der Waals surface area contributed by atoms with Crippen LogP contribution in [0.2, 0.25) is 0 Å². The molecule has 4 amide bonds. The van der Waals surface area contributed by atoms with E-state index in [0.29, 0.717) is 35.6 Å². The predicted molar refractivity (Wildman–Crippen MR) is 129 cm³/mol. The van der Waals surface area contributed by atoms with E-state index in [-0.39, 0.29) is 35.9 Å². The van der Waals surface area contributed by atoms with Crippen LogP contribution in [-0.2, 0) is 9.59 Å². The Morgan fingerprint density at radius 1 is 0.943 bits per heavy atom. The van der Waals surface area contributed by atoms with E-state index in [4.69, 9.17) is 4.42 Å². The average molecular weight is 473 g/mol. The number of nitrogens with zero attached hydrogens (tertiary/aromatic N) is 2. The Morgan fingerprint density at radius 2 is 1.74 bits per heavy atom. The second kappa shape index (κ2) is 9.46. The monoisotopic (exact) mass is 472 g/mol. The molecule has 2 N–H and O–H groups in total. The third-order valence-corrected chi connectivity index (χ3v) is 6.21. The Balaban J connectivity index is 1.28. The van der Waals surface area contributed by atoms with Crippen LogP contribution in [0.3, 0.4) is 0 Å². The van der Waals surface area contributed by atoms with Crippen LogP contribution in [0, 0.1) is 0 Å². The highest BCUT2D eigenvalue weighted by atomic mass is 16.3. The fourth-order valence-electron chi connectivity index (χ4n) is 4.48. The molecule has 2 aliphatic rings. The van der Waals surface area contributed by atoms with Crippen LogP contribution in [0.5, 0.6) is 0 Å². The molecule has 2 aromatic carbocycles. The van der Waals surface area contributed by atoms with E-state index in [2.05, 4.69) is 10.6 Å². The lowest BCUT2D eigenvalue weighted by atomic mass is 10.0. The zero-order valence-electron chi connectivity index (χ0n) is 18.9. The molecule has 2 aliphatic heterocycles. The Bertz CT molecular complexity index is 1270. The Kier molecular flexibility index (Phi) is 6.05. The van der Waals surface area contributed by atoms with Gasteiger partial charge in [0.2, 0.25) is 11.8 Å². The first-order chi connectivity index (χ1) is 17.0. The molecule has 1 saturated heterocycles. The first-order valence-electron chi connectivity index (χ1n) is 11.5. The van der Waals surface area contributed by atoms with Crippen molar-refractivity contribution in [3.05, 3.63) is 78.3 Å². The van der Waals surface area contributed by atoms with Crippen LogP contribution in [0.1, 0.15) is 40.2 Å². The van der Waals surface area contributed by atoms with E-state index >= 15 is 0 Å². The molecule has 35 heavy (non-hydrogen) atoms. The van der Waals surface area contributed by atoms with E-state index in [1.165, 1.54) is 11.2 Å². The van der Waals surface area contributed by atoms with E-state index in [1.54, 1.807) is 65.6 Å². The molecule has 0 saturated carbocycles. The second-order valence-corrected chi connectivity index (χ2v) is 8.51. The molecule has 9 heteroatoms. The Hall–Kier alpha value is -4.40. The highest BCUT2D eigenvalue weighted by molar-refractivity contribution is 6.15. The van der Waals surface area contributed by atoms with Crippen LogP contribution in [0.15, 0.2) is 71.3 Å². The number of hydrogen-bond donors (Lipinski definition) is 2. The number of para-hydroxylation sites is 2. The minimum absolute atomic E-state index is 0.0739. The molecule has 5 rings (SSSR count). The van der Waals surface area contributed by atoms with Crippen molar-refractivity contribution in [2.24, 2.45) is 0 Å². The minimum atomic E-state index is -0.606. The third-order valence-electron chi connectivity index (χ3n) is 6.21. The summed E-state index contributed by atoms with van der Waals surface area (Å²) in [4.78, 5) is 54.0. The number of carbonyl (C=O) groups excluding carboxylic acids is 4. The first-order valence-corrected chi connectivity index (χ1v) is 11.5. The van der Waals surface area contributed by atoms with Crippen molar-refractivity contribution >= 4 is 40.7 Å². The molecule has 9 nitrogen and oxygen atoms in total. The zero-order chi connectivity index (χ0) is 24.4. The summed E-state index contributed by atoms with van der Waals surface area (Å²) in [5, 5.41) is 5.62. The smallest absolute Gasteiger partial charge is 0.290 e. The van der Waals surface area contributed by atoms with Crippen molar-refractivity contribution in [1.82, 2.24) is 4.90 Å². The number of fused-ring (bicyclic) bond motifs is 1. The summed E-state index contributed by atoms with van der Waals surface area (Å²) in [6.45, 7) is 0.408. The molecule has 1 atom stereocenters. The van der Waals surface area contributed by atoms with E-state index in [0.717, 1.165) is 12.8 Å². The first kappa shape index (κ1) is 22.4. The highest BCUT2D eigenvalue weighted by Gasteiger charge is 2.34. The number of amides is 4. The molecule has 0 bridgehead atoms. The third kappa shape index (κ3) is 4.52. The van der Waals surface area contributed by atoms with Gasteiger partial charge in [-0.2, -0.15) is 0 Å². The number of nitrogens with one attached hydrogen (secondary N) is 2. The molecular weight excluding hydrogens is 448 g/mol. The minimum Gasteiger partial charge on any atom is -0.459 e. The number of benzene rings is 2. The fraction of sp³-hybridized carbons (Fsp3) is 0.231. The van der Waals surface area contributed by atoms with E-state index in [1.807, 2.05) is 0 Å². The highest BCUT2D eigenvalue weighted by Crippen LogP contribution is 2.30. The van der Waals surface area contributed by atoms with Crippen LogP contribution >= 0.6 is 0 Å². The molecule has 0 aliphatic carbocycles. The van der Waals surface area contributed by atoms with E-state index < -0.39 is 6.04 Å². The summed E-state index contributed by atoms with van der Waals surface area (Å²) in [5.74, 6) is -0.956. The maximum Gasteiger partial charge on any atom is 0.290 e. The number of likely N-dealkylation sites (tertiary alicyclic amines) is 1. The fourth-order valence-corrected chi connectivity index (χ4v) is 4.48. The van der Waals surface area contributed by atoms with Crippen molar-refractivity contribution in [2.45, 2.75) is 25.3 Å². The quantitative estimate of drug-likeness (QED) is 0.604. The van der Waals surface area contributed by atoms with Gasteiger partial charge in [0.15, 0.2) is 5.76 Å². The Labute approximate surface area is 201 Å². The van der Waals surface area contributed by atoms with Gasteiger partial charge in [-0.25, -0.2) is 0 Å². The van der Waals surface area contributed by atoms with Gasteiger partial charge < -0.3 is 20.0 Å². The van der Waals surface area contributed by atoms with Gasteiger partial charge in [0, 0.05) is 17.8 Å². The SMILES string of the molecule is O=C1CN(C(=O)c2ccc(NC(=O)C3CCCCN3C(=O)c3ccco3)cc2)c2ccccc2N1. The van der Waals surface area contributed by atoms with Crippen molar-refractivity contribution in [2.75, 3.05) is 28.6 Å². The lowest BCUT2D eigenvalue weighted by Gasteiger charge is -2.34. The number of furan rings is 1.